The Labute approximate surface area is 114 Å². The second-order valence-electron chi connectivity index (χ2n) is 4.18. The standard InChI is InChI=1S/C13H12N4O3/c1-8-4-5-15-7-11(8)16-13(18)9-2-3-10(14)12(6-9)17(19)20/h2-7H,14H2,1H3,(H,16,18). The molecule has 1 heterocycles. The maximum atomic E-state index is 12.1. The second kappa shape index (κ2) is 5.35. The Morgan fingerprint density at radius 2 is 2.15 bits per heavy atom. The molecule has 1 aromatic carbocycles. The van der Waals surface area contributed by atoms with Crippen LogP contribution in [0.1, 0.15) is 15.9 Å². The van der Waals surface area contributed by atoms with Crippen molar-refractivity contribution >= 4 is 23.0 Å². The molecule has 0 bridgehead atoms. The van der Waals surface area contributed by atoms with Gasteiger partial charge < -0.3 is 11.1 Å². The number of hydrogen-bond donors (Lipinski definition) is 2. The number of anilines is 2. The molecule has 0 radical (unpaired) electrons. The van der Waals surface area contributed by atoms with Gasteiger partial charge in [0.05, 0.1) is 16.8 Å². The summed E-state index contributed by atoms with van der Waals surface area (Å²) in [5.41, 5.74) is 6.77. The van der Waals surface area contributed by atoms with Crippen LogP contribution >= 0.6 is 0 Å². The minimum absolute atomic E-state index is 0.0177. The lowest BCUT2D eigenvalue weighted by Crippen LogP contribution is -2.13. The van der Waals surface area contributed by atoms with Crippen LogP contribution in [0.25, 0.3) is 0 Å². The van der Waals surface area contributed by atoms with Crippen molar-refractivity contribution in [2.45, 2.75) is 6.92 Å². The van der Waals surface area contributed by atoms with Gasteiger partial charge in [-0.25, -0.2) is 0 Å². The molecular formula is C13H12N4O3. The molecule has 0 atom stereocenters. The first-order valence-electron chi connectivity index (χ1n) is 5.75. The van der Waals surface area contributed by atoms with Crippen molar-refractivity contribution in [3.05, 3.63) is 57.9 Å². The molecule has 0 saturated carbocycles. The molecule has 0 aliphatic heterocycles. The Balaban J connectivity index is 2.28. The highest BCUT2D eigenvalue weighted by Crippen LogP contribution is 2.23. The number of hydrogen-bond acceptors (Lipinski definition) is 5. The summed E-state index contributed by atoms with van der Waals surface area (Å²) in [5.74, 6) is -0.454. The Hall–Kier alpha value is -2.96. The summed E-state index contributed by atoms with van der Waals surface area (Å²) in [5, 5.41) is 13.4. The highest BCUT2D eigenvalue weighted by atomic mass is 16.6. The minimum atomic E-state index is -0.624. The van der Waals surface area contributed by atoms with Gasteiger partial charge >= 0.3 is 0 Å². The van der Waals surface area contributed by atoms with Crippen LogP contribution in [0.2, 0.25) is 0 Å². The first-order chi connectivity index (χ1) is 9.49. The number of nitrogens with two attached hydrogens (primary N) is 1. The number of aryl methyl sites for hydroxylation is 1. The van der Waals surface area contributed by atoms with Gasteiger partial charge in [-0.2, -0.15) is 0 Å². The highest BCUT2D eigenvalue weighted by molar-refractivity contribution is 6.05. The van der Waals surface area contributed by atoms with Gasteiger partial charge in [-0.05, 0) is 30.7 Å². The third-order valence-corrected chi connectivity index (χ3v) is 2.78. The van der Waals surface area contributed by atoms with Crippen molar-refractivity contribution in [2.75, 3.05) is 11.1 Å². The predicted octanol–water partition coefficient (Wildman–Crippen LogP) is 2.13. The number of carbonyl (C=O) groups is 1. The Morgan fingerprint density at radius 3 is 2.80 bits per heavy atom. The number of nitro benzene ring substituents is 1. The Bertz CT molecular complexity index is 685. The minimum Gasteiger partial charge on any atom is -0.393 e. The lowest BCUT2D eigenvalue weighted by Gasteiger charge is -2.07. The van der Waals surface area contributed by atoms with Gasteiger partial charge in [0.1, 0.15) is 5.69 Å². The van der Waals surface area contributed by atoms with Crippen molar-refractivity contribution in [1.29, 1.82) is 0 Å². The second-order valence-corrected chi connectivity index (χ2v) is 4.18. The number of nitro groups is 1. The van der Waals surface area contributed by atoms with Crippen molar-refractivity contribution < 1.29 is 9.72 Å². The average Bonchev–Trinajstić information content (AvgIpc) is 2.41. The smallest absolute Gasteiger partial charge is 0.292 e. The first-order valence-corrected chi connectivity index (χ1v) is 5.75. The zero-order valence-corrected chi connectivity index (χ0v) is 10.7. The number of amides is 1. The van der Waals surface area contributed by atoms with E-state index in [2.05, 4.69) is 10.3 Å². The van der Waals surface area contributed by atoms with E-state index < -0.39 is 10.8 Å². The number of rotatable bonds is 3. The van der Waals surface area contributed by atoms with Gasteiger partial charge in [0.15, 0.2) is 0 Å². The van der Waals surface area contributed by atoms with E-state index >= 15 is 0 Å². The zero-order chi connectivity index (χ0) is 14.7. The van der Waals surface area contributed by atoms with E-state index in [4.69, 9.17) is 5.73 Å². The number of benzene rings is 1. The number of pyridine rings is 1. The maximum Gasteiger partial charge on any atom is 0.292 e. The van der Waals surface area contributed by atoms with Crippen LogP contribution in [-0.4, -0.2) is 15.8 Å². The van der Waals surface area contributed by atoms with Crippen molar-refractivity contribution in [1.82, 2.24) is 4.98 Å². The Kier molecular flexibility index (Phi) is 3.60. The maximum absolute atomic E-state index is 12.1. The third-order valence-electron chi connectivity index (χ3n) is 2.78. The van der Waals surface area contributed by atoms with E-state index in [0.29, 0.717) is 5.69 Å². The lowest BCUT2D eigenvalue weighted by molar-refractivity contribution is -0.383. The van der Waals surface area contributed by atoms with Crippen LogP contribution in [0.4, 0.5) is 17.1 Å². The summed E-state index contributed by atoms with van der Waals surface area (Å²) in [6.45, 7) is 1.82. The van der Waals surface area contributed by atoms with E-state index in [9.17, 15) is 14.9 Å². The number of nitrogens with one attached hydrogen (secondary N) is 1. The van der Waals surface area contributed by atoms with E-state index in [1.165, 1.54) is 18.3 Å². The molecule has 2 rings (SSSR count). The van der Waals surface area contributed by atoms with Crippen LogP contribution in [0, 0.1) is 17.0 Å². The summed E-state index contributed by atoms with van der Waals surface area (Å²) >= 11 is 0. The molecule has 0 unspecified atom stereocenters. The highest BCUT2D eigenvalue weighted by Gasteiger charge is 2.16. The van der Waals surface area contributed by atoms with Gasteiger partial charge in [0, 0.05) is 17.8 Å². The molecule has 1 amide bonds. The monoisotopic (exact) mass is 272 g/mol. The van der Waals surface area contributed by atoms with E-state index in [1.807, 2.05) is 6.92 Å². The SMILES string of the molecule is Cc1ccncc1NC(=O)c1ccc(N)c([N+](=O)[O-])c1. The van der Waals surface area contributed by atoms with Crippen molar-refractivity contribution in [3.8, 4) is 0 Å². The van der Waals surface area contributed by atoms with Crippen LogP contribution in [0.15, 0.2) is 36.7 Å². The fourth-order valence-electron chi connectivity index (χ4n) is 1.63. The molecule has 0 fully saturated rings. The molecule has 102 valence electrons. The zero-order valence-electron chi connectivity index (χ0n) is 10.7. The summed E-state index contributed by atoms with van der Waals surface area (Å²) in [6, 6.07) is 5.67. The number of aromatic nitrogens is 1. The molecule has 3 N–H and O–H groups in total. The summed E-state index contributed by atoms with van der Waals surface area (Å²) in [7, 11) is 0. The summed E-state index contributed by atoms with van der Waals surface area (Å²) in [6.07, 6.45) is 3.12. The molecule has 0 aliphatic rings. The average molecular weight is 272 g/mol. The van der Waals surface area contributed by atoms with Crippen LogP contribution < -0.4 is 11.1 Å². The molecule has 0 aliphatic carbocycles. The molecule has 0 saturated heterocycles. The predicted molar refractivity (Wildman–Crippen MR) is 74.4 cm³/mol. The topological polar surface area (TPSA) is 111 Å². The molecule has 7 heteroatoms. The fourth-order valence-corrected chi connectivity index (χ4v) is 1.63. The largest absolute Gasteiger partial charge is 0.393 e. The van der Waals surface area contributed by atoms with Gasteiger partial charge in [0.25, 0.3) is 11.6 Å². The van der Waals surface area contributed by atoms with Gasteiger partial charge in [0.2, 0.25) is 0 Å². The first kappa shape index (κ1) is 13.5. The molecule has 7 nitrogen and oxygen atoms in total. The van der Waals surface area contributed by atoms with E-state index in [-0.39, 0.29) is 16.9 Å². The van der Waals surface area contributed by atoms with E-state index in [1.54, 1.807) is 12.3 Å². The van der Waals surface area contributed by atoms with Crippen LogP contribution in [0.5, 0.6) is 0 Å². The van der Waals surface area contributed by atoms with Crippen molar-refractivity contribution in [3.63, 3.8) is 0 Å². The molecule has 1 aromatic heterocycles. The number of carbonyl (C=O) groups excluding carboxylic acids is 1. The fraction of sp³-hybridized carbons (Fsp3) is 0.0769. The number of nitrogens with zero attached hydrogens (tertiary/aromatic N) is 2. The van der Waals surface area contributed by atoms with Crippen LogP contribution in [-0.2, 0) is 0 Å². The molecule has 20 heavy (non-hydrogen) atoms. The van der Waals surface area contributed by atoms with E-state index in [0.717, 1.165) is 11.6 Å². The lowest BCUT2D eigenvalue weighted by atomic mass is 10.1. The summed E-state index contributed by atoms with van der Waals surface area (Å²) in [4.78, 5) is 26.1. The number of nitrogen functional groups attached to an aromatic ring is 1. The quantitative estimate of drug-likeness (QED) is 0.505. The molecule has 2 aromatic rings. The summed E-state index contributed by atoms with van der Waals surface area (Å²) < 4.78 is 0. The molecular weight excluding hydrogens is 260 g/mol. The Morgan fingerprint density at radius 1 is 1.40 bits per heavy atom. The van der Waals surface area contributed by atoms with Crippen LogP contribution in [0.3, 0.4) is 0 Å². The van der Waals surface area contributed by atoms with Crippen molar-refractivity contribution in [2.24, 2.45) is 0 Å². The van der Waals surface area contributed by atoms with Gasteiger partial charge in [-0.15, -0.1) is 0 Å². The molecule has 0 spiro atoms. The normalized spacial score (nSPS) is 10.1. The third kappa shape index (κ3) is 2.72. The van der Waals surface area contributed by atoms with Gasteiger partial charge in [-0.3, -0.25) is 19.9 Å². The van der Waals surface area contributed by atoms with Gasteiger partial charge in [-0.1, -0.05) is 0 Å².